The third-order valence-corrected chi connectivity index (χ3v) is 6.32. The zero-order valence-electron chi connectivity index (χ0n) is 17.9. The molecule has 0 aliphatic heterocycles. The number of hydrogen-bond donors (Lipinski definition) is 1. The lowest BCUT2D eigenvalue weighted by Gasteiger charge is -2.05. The van der Waals surface area contributed by atoms with Crippen molar-refractivity contribution < 1.29 is 0 Å². The van der Waals surface area contributed by atoms with E-state index in [9.17, 15) is 0 Å². The highest BCUT2D eigenvalue weighted by molar-refractivity contribution is 7.26. The monoisotopic (exact) mass is 405 g/mol. The number of anilines is 1. The Labute approximate surface area is 175 Å². The third-order valence-electron chi connectivity index (χ3n) is 5.24. The van der Waals surface area contributed by atoms with E-state index in [4.69, 9.17) is 10.1 Å². The molecule has 4 aromatic heterocycles. The average Bonchev–Trinajstić information content (AvgIpc) is 3.34. The summed E-state index contributed by atoms with van der Waals surface area (Å²) in [6, 6.07) is 12.8. The summed E-state index contributed by atoms with van der Waals surface area (Å²) in [6.45, 7) is 8.93. The van der Waals surface area contributed by atoms with Crippen LogP contribution in [0.15, 0.2) is 36.4 Å². The van der Waals surface area contributed by atoms with Gasteiger partial charge in [0.05, 0.1) is 16.8 Å². The summed E-state index contributed by atoms with van der Waals surface area (Å²) in [4.78, 5) is 5.82. The molecule has 5 nitrogen and oxygen atoms in total. The molecule has 5 rings (SSSR count). The summed E-state index contributed by atoms with van der Waals surface area (Å²) < 4.78 is 5.39. The van der Waals surface area contributed by atoms with Crippen LogP contribution in [0.1, 0.15) is 30.8 Å². The molecule has 0 aliphatic carbocycles. The fourth-order valence-electron chi connectivity index (χ4n) is 3.94. The van der Waals surface area contributed by atoms with Gasteiger partial charge in [0.15, 0.2) is 5.82 Å². The summed E-state index contributed by atoms with van der Waals surface area (Å²) in [7, 11) is 4.12. The Morgan fingerprint density at radius 2 is 1.83 bits per heavy atom. The van der Waals surface area contributed by atoms with Gasteiger partial charge in [0, 0.05) is 36.4 Å². The number of thiophene rings is 1. The lowest BCUT2D eigenvalue weighted by Crippen LogP contribution is -2.05. The molecule has 6 heteroatoms. The van der Waals surface area contributed by atoms with Crippen LogP contribution in [0, 0.1) is 13.8 Å². The number of nitrogens with one attached hydrogen (secondary N) is 1. The van der Waals surface area contributed by atoms with Crippen LogP contribution in [-0.2, 0) is 20.6 Å². The van der Waals surface area contributed by atoms with Gasteiger partial charge in [-0.05, 0) is 43.0 Å². The van der Waals surface area contributed by atoms with E-state index in [-0.39, 0.29) is 0 Å². The van der Waals surface area contributed by atoms with Gasteiger partial charge < -0.3 is 9.88 Å². The predicted molar refractivity (Wildman–Crippen MR) is 125 cm³/mol. The molecule has 0 aliphatic rings. The molecule has 0 radical (unpaired) electrons. The lowest BCUT2D eigenvalue weighted by atomic mass is 10.1. The van der Waals surface area contributed by atoms with Crippen molar-refractivity contribution in [3.05, 3.63) is 53.3 Å². The van der Waals surface area contributed by atoms with Gasteiger partial charge in [-0.2, -0.15) is 5.10 Å². The molecule has 29 heavy (non-hydrogen) atoms. The molecule has 0 spiro atoms. The third kappa shape index (κ3) is 3.17. The Bertz CT molecular complexity index is 1320. The van der Waals surface area contributed by atoms with E-state index in [1.54, 1.807) is 11.3 Å². The van der Waals surface area contributed by atoms with Crippen molar-refractivity contribution in [3.8, 4) is 0 Å². The fraction of sp³-hybridized carbons (Fsp3) is 0.304. The van der Waals surface area contributed by atoms with E-state index in [0.29, 0.717) is 0 Å². The lowest BCUT2D eigenvalue weighted by molar-refractivity contribution is 0.794. The van der Waals surface area contributed by atoms with Crippen molar-refractivity contribution in [1.82, 2.24) is 19.3 Å². The minimum absolute atomic E-state index is 0.733. The summed E-state index contributed by atoms with van der Waals surface area (Å²) in [6.07, 6.45) is 0. The number of aryl methyl sites for hydroxylation is 4. The van der Waals surface area contributed by atoms with Crippen molar-refractivity contribution in [1.29, 1.82) is 0 Å². The van der Waals surface area contributed by atoms with Gasteiger partial charge in [0.1, 0.15) is 4.83 Å². The predicted octanol–water partition coefficient (Wildman–Crippen LogP) is 5.93. The van der Waals surface area contributed by atoms with Crippen LogP contribution < -0.4 is 5.32 Å². The van der Waals surface area contributed by atoms with Crippen molar-refractivity contribution in [2.45, 2.75) is 34.2 Å². The molecular weight excluding hydrogens is 378 g/mol. The Balaban J connectivity index is 0.000000994. The number of pyridine rings is 1. The summed E-state index contributed by atoms with van der Waals surface area (Å²) >= 11 is 1.72. The molecule has 0 saturated heterocycles. The first-order valence-corrected chi connectivity index (χ1v) is 10.8. The van der Waals surface area contributed by atoms with Gasteiger partial charge in [0.25, 0.3) is 0 Å². The van der Waals surface area contributed by atoms with Crippen LogP contribution in [0.4, 0.5) is 5.82 Å². The van der Waals surface area contributed by atoms with E-state index in [2.05, 4.69) is 60.3 Å². The Hall–Kier alpha value is -2.86. The van der Waals surface area contributed by atoms with Gasteiger partial charge in [0.2, 0.25) is 0 Å². The standard InChI is InChI=1S/C21H21N5S.C2H6/c1-12-9-13(2)23-21-17(12)18-19(27-21)20(24-26(18)4)22-11-15-10-14-7-5-6-8-16(14)25(15)3;1-2/h5-10H,11H2,1-4H3,(H,22,24);1-2H3. The summed E-state index contributed by atoms with van der Waals surface area (Å²) in [5, 5.41) is 10.8. The largest absolute Gasteiger partial charge is 0.362 e. The van der Waals surface area contributed by atoms with Gasteiger partial charge in [-0.3, -0.25) is 4.68 Å². The van der Waals surface area contributed by atoms with Crippen molar-refractivity contribution in [2.24, 2.45) is 14.1 Å². The zero-order valence-corrected chi connectivity index (χ0v) is 18.7. The molecule has 4 heterocycles. The maximum Gasteiger partial charge on any atom is 0.166 e. The first-order valence-electron chi connectivity index (χ1n) is 10.0. The van der Waals surface area contributed by atoms with Crippen LogP contribution in [0.25, 0.3) is 31.3 Å². The van der Waals surface area contributed by atoms with E-state index in [1.165, 1.54) is 37.8 Å². The molecule has 1 aromatic carbocycles. The van der Waals surface area contributed by atoms with Crippen LogP contribution >= 0.6 is 11.3 Å². The molecule has 5 aromatic rings. The minimum Gasteiger partial charge on any atom is -0.362 e. The number of aromatic nitrogens is 4. The molecule has 150 valence electrons. The zero-order chi connectivity index (χ0) is 20.7. The smallest absolute Gasteiger partial charge is 0.166 e. The minimum atomic E-state index is 0.733. The fourth-order valence-corrected chi connectivity index (χ4v) is 5.23. The Morgan fingerprint density at radius 3 is 2.59 bits per heavy atom. The molecule has 0 bridgehead atoms. The van der Waals surface area contributed by atoms with Crippen LogP contribution in [0.3, 0.4) is 0 Å². The number of rotatable bonds is 3. The maximum absolute atomic E-state index is 4.74. The SMILES string of the molecule is CC.Cc1cc(C)c2c(n1)sc1c(NCc3cc4ccccc4n3C)nn(C)c12. The van der Waals surface area contributed by atoms with Gasteiger partial charge in [-0.15, -0.1) is 11.3 Å². The number of benzene rings is 1. The second-order valence-electron chi connectivity index (χ2n) is 7.12. The first-order chi connectivity index (χ1) is 14.0. The molecular formula is C23H27N5S. The maximum atomic E-state index is 4.74. The summed E-state index contributed by atoms with van der Waals surface area (Å²) in [5.41, 5.74) is 5.97. The van der Waals surface area contributed by atoms with Crippen molar-refractivity contribution >= 4 is 48.5 Å². The quantitative estimate of drug-likeness (QED) is 0.405. The summed E-state index contributed by atoms with van der Waals surface area (Å²) in [5.74, 6) is 0.929. The number of hydrogen-bond acceptors (Lipinski definition) is 4. The first kappa shape index (κ1) is 19.5. The van der Waals surface area contributed by atoms with Crippen LogP contribution in [0.2, 0.25) is 0 Å². The Morgan fingerprint density at radius 1 is 1.07 bits per heavy atom. The topological polar surface area (TPSA) is 47.7 Å². The number of nitrogens with zero attached hydrogens (tertiary/aromatic N) is 4. The number of fused-ring (bicyclic) bond motifs is 4. The second-order valence-corrected chi connectivity index (χ2v) is 8.12. The van der Waals surface area contributed by atoms with Gasteiger partial charge in [-0.25, -0.2) is 4.98 Å². The van der Waals surface area contributed by atoms with Crippen LogP contribution in [-0.4, -0.2) is 19.3 Å². The van der Waals surface area contributed by atoms with Gasteiger partial charge in [-0.1, -0.05) is 32.0 Å². The van der Waals surface area contributed by atoms with Crippen molar-refractivity contribution in [2.75, 3.05) is 5.32 Å². The molecule has 0 saturated carbocycles. The molecule has 1 N–H and O–H groups in total. The number of para-hydroxylation sites is 1. The molecule has 0 unspecified atom stereocenters. The molecule has 0 amide bonds. The molecule has 0 fully saturated rings. The highest BCUT2D eigenvalue weighted by atomic mass is 32.1. The normalized spacial score (nSPS) is 11.2. The van der Waals surface area contributed by atoms with E-state index in [1.807, 2.05) is 32.5 Å². The molecule has 0 atom stereocenters. The van der Waals surface area contributed by atoms with E-state index < -0.39 is 0 Å². The van der Waals surface area contributed by atoms with Gasteiger partial charge >= 0.3 is 0 Å². The Kier molecular flexibility index (Phi) is 5.04. The van der Waals surface area contributed by atoms with Crippen LogP contribution in [0.5, 0.6) is 0 Å². The average molecular weight is 406 g/mol. The van der Waals surface area contributed by atoms with E-state index in [0.717, 1.165) is 22.9 Å². The van der Waals surface area contributed by atoms with E-state index >= 15 is 0 Å². The second kappa shape index (κ2) is 7.52. The highest BCUT2D eigenvalue weighted by Crippen LogP contribution is 2.38. The van der Waals surface area contributed by atoms with Crippen molar-refractivity contribution in [3.63, 3.8) is 0 Å². The highest BCUT2D eigenvalue weighted by Gasteiger charge is 2.18.